The topological polar surface area (TPSA) is 99.5 Å². The van der Waals surface area contributed by atoms with E-state index in [4.69, 9.17) is 23.3 Å². The van der Waals surface area contributed by atoms with Gasteiger partial charge < -0.3 is 0 Å². The maximum absolute atomic E-state index is 7.50. The molecule has 0 bridgehead atoms. The van der Waals surface area contributed by atoms with Crippen molar-refractivity contribution in [1.29, 1.82) is 0 Å². The molecule has 2 aliphatic rings. The van der Waals surface area contributed by atoms with Crippen LogP contribution in [0.15, 0.2) is 0 Å². The van der Waals surface area contributed by atoms with Crippen molar-refractivity contribution in [2.24, 2.45) is 0 Å². The van der Waals surface area contributed by atoms with Gasteiger partial charge in [-0.3, -0.25) is 0 Å². The molecule has 2 rings (SSSR count). The van der Waals surface area contributed by atoms with Gasteiger partial charge in [-0.15, -0.1) is 0 Å². The maximum Gasteiger partial charge on any atom is 0 e. The van der Waals surface area contributed by atoms with Gasteiger partial charge in [-0.2, -0.15) is 0 Å². The molecule has 0 aromatic heterocycles. The molecule has 0 unspecified atom stereocenters. The molecule has 5 nitrogen and oxygen atoms in total. The van der Waals surface area contributed by atoms with Crippen LogP contribution in [0.2, 0.25) is 0 Å². The second-order valence-corrected chi connectivity index (χ2v) is 1.92. The van der Waals surface area contributed by atoms with Crippen molar-refractivity contribution in [3.8, 4) is 0 Å². The summed E-state index contributed by atoms with van der Waals surface area (Å²) in [6, 6.07) is 0. The predicted octanol–water partition coefficient (Wildman–Crippen LogP) is 1.85. The zero-order valence-corrected chi connectivity index (χ0v) is 15.1. The van der Waals surface area contributed by atoms with Crippen LogP contribution in [0.3, 0.4) is 0 Å². The van der Waals surface area contributed by atoms with E-state index in [9.17, 15) is 0 Å². The Kier molecular flexibility index (Phi) is 164. The molecule has 22 heavy (non-hydrogen) atoms. The van der Waals surface area contributed by atoms with Crippen LogP contribution in [0.25, 0.3) is 0 Å². The molecule has 2 aliphatic carbocycles. The Labute approximate surface area is 162 Å². The predicted molar refractivity (Wildman–Crippen MR) is 62.6 cm³/mol. The molecule has 0 aromatic rings. The van der Waals surface area contributed by atoms with Crippen LogP contribution in [-0.2, 0) is 65.4 Å². The van der Waals surface area contributed by atoms with E-state index in [1.54, 1.807) is 0 Å². The maximum atomic E-state index is 7.50. The van der Waals surface area contributed by atoms with Gasteiger partial charge in [0, 0.05) is 42.1 Å². The second-order valence-electron chi connectivity index (χ2n) is 1.92. The minimum atomic E-state index is 0. The summed E-state index contributed by atoms with van der Waals surface area (Å²) in [5.41, 5.74) is 0. The van der Waals surface area contributed by atoms with E-state index in [2.05, 4.69) is 33.3 Å². The fourth-order valence-electron chi connectivity index (χ4n) is 0.642. The normalized spacial score (nSPS) is 11.4. The average molecular weight is 462 g/mol. The Morgan fingerprint density at radius 2 is 0.318 bits per heavy atom. The Hall–Kier alpha value is 0.0766. The molecule has 0 amide bonds. The molecule has 10 radical (unpaired) electrons. The molecular formula is C15H10Mo2O5. The third kappa shape index (κ3) is 72.0. The SMILES string of the molecule is [C-]#[O+].[C-]#[O+].[C-]#[O+].[C-]#[O+].[C-]#[O+].[CH]1[CH][CH][CH][CH]1.[CH]1[CH][CH][CH][CH]1.[Mo].[Mo]. The van der Waals surface area contributed by atoms with Crippen molar-refractivity contribution >= 4 is 0 Å². The standard InChI is InChI=1S/2C5H5.5CO.2Mo/c2*1-2-4-5-3-1;5*1-2;;/h2*1-5H;;;;;;;. The van der Waals surface area contributed by atoms with Gasteiger partial charge in [0.25, 0.3) is 0 Å². The zero-order chi connectivity index (χ0) is 17.1. The molecule has 0 aliphatic heterocycles. The third-order valence-corrected chi connectivity index (χ3v) is 1.11. The smallest absolute Gasteiger partial charge is 0 e. The monoisotopic (exact) mass is 466 g/mol. The first-order chi connectivity index (χ1) is 10.0. The van der Waals surface area contributed by atoms with Crippen molar-refractivity contribution in [3.05, 3.63) is 97.5 Å². The molecule has 0 saturated heterocycles. The third-order valence-electron chi connectivity index (χ3n) is 1.11. The van der Waals surface area contributed by atoms with Crippen LogP contribution in [0.5, 0.6) is 0 Å². The van der Waals surface area contributed by atoms with Crippen molar-refractivity contribution in [1.82, 2.24) is 0 Å². The van der Waals surface area contributed by atoms with Crippen LogP contribution in [-0.4, -0.2) is 0 Å². The van der Waals surface area contributed by atoms with Crippen LogP contribution in [0.4, 0.5) is 0 Å². The molecule has 112 valence electrons. The Bertz CT molecular complexity index is 166. The quantitative estimate of drug-likeness (QED) is 0.298. The molecule has 0 aromatic carbocycles. The van der Waals surface area contributed by atoms with E-state index in [0.29, 0.717) is 0 Å². The Balaban J connectivity index is -0.0000000251. The summed E-state index contributed by atoms with van der Waals surface area (Å²) >= 11 is 0. The van der Waals surface area contributed by atoms with Crippen molar-refractivity contribution in [2.45, 2.75) is 0 Å². The first kappa shape index (κ1) is 43.1. The van der Waals surface area contributed by atoms with E-state index < -0.39 is 0 Å². The second kappa shape index (κ2) is 83.7. The van der Waals surface area contributed by atoms with Gasteiger partial charge in [-0.1, -0.05) is 0 Å². The van der Waals surface area contributed by atoms with Crippen molar-refractivity contribution < 1.29 is 65.4 Å². The van der Waals surface area contributed by atoms with Gasteiger partial charge >= 0.3 is 56.5 Å². The Morgan fingerprint density at radius 1 is 0.273 bits per heavy atom. The largest absolute Gasteiger partial charge is 0.0312 e. The van der Waals surface area contributed by atoms with E-state index in [1.165, 1.54) is 0 Å². The molecule has 0 atom stereocenters. The van der Waals surface area contributed by atoms with E-state index >= 15 is 0 Å². The fourth-order valence-corrected chi connectivity index (χ4v) is 0.642. The summed E-state index contributed by atoms with van der Waals surface area (Å²) in [5, 5.41) is 0. The zero-order valence-electron chi connectivity index (χ0n) is 11.1. The minimum absolute atomic E-state index is 0. The molecule has 0 N–H and O–H groups in total. The molecule has 7 heteroatoms. The number of hydrogen-bond acceptors (Lipinski definition) is 0. The van der Waals surface area contributed by atoms with E-state index in [-0.39, 0.29) is 42.1 Å². The van der Waals surface area contributed by atoms with Gasteiger partial charge in [0.15, 0.2) is 0 Å². The minimum Gasteiger partial charge on any atom is -0.0312 e. The molecule has 0 heterocycles. The summed E-state index contributed by atoms with van der Waals surface area (Å²) in [6.07, 6.45) is 20.0. The fraction of sp³-hybridized carbons (Fsp3) is 0. The van der Waals surface area contributed by atoms with Gasteiger partial charge in [0.1, 0.15) is 0 Å². The summed E-state index contributed by atoms with van der Waals surface area (Å²) in [5.74, 6) is 0. The van der Waals surface area contributed by atoms with Crippen LogP contribution >= 0.6 is 0 Å². The average Bonchev–Trinajstić information content (AvgIpc) is 3.34. The first-order valence-electron chi connectivity index (χ1n) is 4.35. The number of hydrogen-bond donors (Lipinski definition) is 0. The molecule has 2 fully saturated rings. The van der Waals surface area contributed by atoms with Gasteiger partial charge in [-0.05, 0) is 64.2 Å². The molecular weight excluding hydrogens is 452 g/mol. The summed E-state index contributed by atoms with van der Waals surface area (Å²) < 4.78 is 37.5. The summed E-state index contributed by atoms with van der Waals surface area (Å²) in [4.78, 5) is 0. The van der Waals surface area contributed by atoms with Gasteiger partial charge in [0.05, 0.1) is 0 Å². The van der Waals surface area contributed by atoms with Crippen LogP contribution in [0.1, 0.15) is 0 Å². The van der Waals surface area contributed by atoms with Crippen molar-refractivity contribution in [3.63, 3.8) is 0 Å². The van der Waals surface area contributed by atoms with Crippen LogP contribution < -0.4 is 0 Å². The molecule has 0 spiro atoms. The Morgan fingerprint density at radius 3 is 0.364 bits per heavy atom. The first-order valence-corrected chi connectivity index (χ1v) is 4.35. The number of rotatable bonds is 0. The summed E-state index contributed by atoms with van der Waals surface area (Å²) in [7, 11) is 0. The molecule has 2 saturated carbocycles. The van der Waals surface area contributed by atoms with E-state index in [0.717, 1.165) is 0 Å². The van der Waals surface area contributed by atoms with Crippen LogP contribution in [0, 0.1) is 97.5 Å². The van der Waals surface area contributed by atoms with Gasteiger partial charge in [-0.25, -0.2) is 0 Å². The van der Waals surface area contributed by atoms with Crippen molar-refractivity contribution in [2.75, 3.05) is 0 Å². The summed E-state index contributed by atoms with van der Waals surface area (Å²) in [6.45, 7) is 22.5. The van der Waals surface area contributed by atoms with E-state index in [1.807, 2.05) is 64.2 Å². The van der Waals surface area contributed by atoms with Gasteiger partial charge in [0.2, 0.25) is 0 Å².